The second-order valence-corrected chi connectivity index (χ2v) is 5.89. The molecule has 0 spiro atoms. The lowest BCUT2D eigenvalue weighted by molar-refractivity contribution is -0.386. The topological polar surface area (TPSA) is 133 Å². The van der Waals surface area contributed by atoms with Gasteiger partial charge >= 0.3 is 5.69 Å². The van der Waals surface area contributed by atoms with Crippen LogP contribution in [0.25, 0.3) is 0 Å². The third-order valence-corrected chi connectivity index (χ3v) is 4.02. The zero-order valence-electron chi connectivity index (χ0n) is 16.8. The van der Waals surface area contributed by atoms with Crippen LogP contribution in [0, 0.1) is 21.4 Å². The van der Waals surface area contributed by atoms with Crippen LogP contribution in [-0.4, -0.2) is 38.8 Å². The monoisotopic (exact) mass is 415 g/mol. The van der Waals surface area contributed by atoms with Crippen molar-refractivity contribution >= 4 is 17.3 Å². The molecule has 0 aromatic heterocycles. The first kappa shape index (κ1) is 22.3. The first-order valence-electron chi connectivity index (χ1n) is 8.85. The average molecular weight is 415 g/mol. The van der Waals surface area contributed by atoms with Crippen molar-refractivity contribution in [3.05, 3.63) is 46.0 Å². The van der Waals surface area contributed by atoms with Crippen LogP contribution in [0.4, 0.5) is 11.4 Å². The Bertz CT molecular complexity index is 970. The minimum absolute atomic E-state index is 0.0102. The van der Waals surface area contributed by atoms with Gasteiger partial charge in [0.15, 0.2) is 5.75 Å². The number of ether oxygens (including phenoxy) is 4. The second kappa shape index (κ2) is 10.5. The van der Waals surface area contributed by atoms with Crippen LogP contribution >= 0.6 is 0 Å². The molecule has 0 aliphatic heterocycles. The minimum atomic E-state index is -0.734. The van der Waals surface area contributed by atoms with Crippen molar-refractivity contribution in [3.63, 3.8) is 0 Å². The largest absolute Gasteiger partial charge is 0.493 e. The van der Waals surface area contributed by atoms with Gasteiger partial charge in [0, 0.05) is 24.2 Å². The summed E-state index contributed by atoms with van der Waals surface area (Å²) in [5.74, 6) is -0.343. The smallest absolute Gasteiger partial charge is 0.327 e. The van der Waals surface area contributed by atoms with E-state index < -0.39 is 16.5 Å². The van der Waals surface area contributed by atoms with Crippen molar-refractivity contribution in [1.82, 2.24) is 0 Å². The van der Waals surface area contributed by atoms with E-state index in [1.165, 1.54) is 27.4 Å². The number of amides is 1. The molecule has 1 amide bonds. The molecule has 0 saturated heterocycles. The van der Waals surface area contributed by atoms with E-state index >= 15 is 0 Å². The number of nitro benzene ring substituents is 1. The molecule has 0 fully saturated rings. The highest BCUT2D eigenvalue weighted by molar-refractivity contribution is 6.08. The summed E-state index contributed by atoms with van der Waals surface area (Å²) >= 11 is 0. The molecule has 2 rings (SSSR count). The average Bonchev–Trinajstić information content (AvgIpc) is 2.75. The number of nitrogens with one attached hydrogen (secondary N) is 1. The molecule has 10 nitrogen and oxygen atoms in total. The van der Waals surface area contributed by atoms with Gasteiger partial charge in [-0.3, -0.25) is 14.9 Å². The molecular formula is C20H21N3O7. The van der Waals surface area contributed by atoms with E-state index in [2.05, 4.69) is 5.32 Å². The maximum Gasteiger partial charge on any atom is 0.327 e. The molecule has 0 aliphatic carbocycles. The summed E-state index contributed by atoms with van der Waals surface area (Å²) in [6.07, 6.45) is 0.950. The Morgan fingerprint density at radius 2 is 1.90 bits per heavy atom. The fraction of sp³-hybridized carbons (Fsp3) is 0.300. The van der Waals surface area contributed by atoms with Crippen molar-refractivity contribution in [3.8, 4) is 29.1 Å². The Hall–Kier alpha value is -4.00. The summed E-state index contributed by atoms with van der Waals surface area (Å²) in [5.41, 5.74) is -0.424. The van der Waals surface area contributed by atoms with E-state index in [4.69, 9.17) is 24.2 Å². The summed E-state index contributed by atoms with van der Waals surface area (Å²) < 4.78 is 21.0. The zero-order valence-corrected chi connectivity index (χ0v) is 16.8. The molecule has 158 valence electrons. The van der Waals surface area contributed by atoms with Gasteiger partial charge in [0.1, 0.15) is 11.3 Å². The normalized spacial score (nSPS) is 9.93. The molecule has 10 heteroatoms. The van der Waals surface area contributed by atoms with Crippen LogP contribution in [0.1, 0.15) is 23.2 Å². The van der Waals surface area contributed by atoms with Gasteiger partial charge in [-0.15, -0.1) is 0 Å². The maximum atomic E-state index is 12.8. The van der Waals surface area contributed by atoms with Crippen molar-refractivity contribution in [2.75, 3.05) is 33.3 Å². The van der Waals surface area contributed by atoms with E-state index in [1.54, 1.807) is 24.3 Å². The molecule has 1 N–H and O–H groups in total. The van der Waals surface area contributed by atoms with Crippen LogP contribution in [0.2, 0.25) is 0 Å². The van der Waals surface area contributed by atoms with Gasteiger partial charge in [-0.05, 0) is 18.6 Å². The maximum absolute atomic E-state index is 12.8. The number of hydrogen-bond acceptors (Lipinski definition) is 8. The van der Waals surface area contributed by atoms with Crippen LogP contribution in [0.5, 0.6) is 23.0 Å². The minimum Gasteiger partial charge on any atom is -0.493 e. The Morgan fingerprint density at radius 1 is 1.17 bits per heavy atom. The number of carbonyl (C=O) groups excluding carboxylic acids is 1. The predicted octanol–water partition coefficient (Wildman–Crippen LogP) is 3.56. The molecule has 2 aromatic carbocycles. The number of anilines is 1. The summed E-state index contributed by atoms with van der Waals surface area (Å²) in [7, 11) is 3.89. The quantitative estimate of drug-likeness (QED) is 0.354. The lowest BCUT2D eigenvalue weighted by atomic mass is 10.1. The van der Waals surface area contributed by atoms with Crippen LogP contribution < -0.4 is 24.3 Å². The number of methoxy groups -OCH3 is 3. The summed E-state index contributed by atoms with van der Waals surface area (Å²) in [5, 5.41) is 22.8. The third kappa shape index (κ3) is 5.08. The number of nitrogens with zero attached hydrogens (tertiary/aromatic N) is 2. The van der Waals surface area contributed by atoms with Gasteiger partial charge in [-0.1, -0.05) is 6.07 Å². The van der Waals surface area contributed by atoms with E-state index in [9.17, 15) is 14.9 Å². The molecule has 0 radical (unpaired) electrons. The number of carbonyl (C=O) groups is 1. The highest BCUT2D eigenvalue weighted by Gasteiger charge is 2.32. The Balaban J connectivity index is 2.35. The molecule has 30 heavy (non-hydrogen) atoms. The fourth-order valence-electron chi connectivity index (χ4n) is 2.70. The predicted molar refractivity (Wildman–Crippen MR) is 107 cm³/mol. The standard InChI is InChI=1S/C20H21N3O7/c1-27-16-12-15(17(23(25)26)19(29-3)18(16)28-2)20(24)22-13-7-6-8-14(11-13)30-10-5-4-9-21/h6-8,11-12H,4-5,10H2,1-3H3,(H,22,24). The van der Waals surface area contributed by atoms with Gasteiger partial charge in [0.25, 0.3) is 5.91 Å². The van der Waals surface area contributed by atoms with Gasteiger partial charge in [-0.25, -0.2) is 0 Å². The molecule has 2 aromatic rings. The zero-order chi connectivity index (χ0) is 22.1. The van der Waals surface area contributed by atoms with Gasteiger partial charge in [0.05, 0.1) is 38.9 Å². The number of unbranched alkanes of at least 4 members (excludes halogenated alkanes) is 1. The first-order chi connectivity index (χ1) is 14.5. The number of nitriles is 1. The summed E-state index contributed by atoms with van der Waals surface area (Å²) in [6.45, 7) is 0.351. The van der Waals surface area contributed by atoms with Crippen molar-refractivity contribution in [2.45, 2.75) is 12.8 Å². The Kier molecular flexibility index (Phi) is 7.82. The highest BCUT2D eigenvalue weighted by atomic mass is 16.6. The van der Waals surface area contributed by atoms with Gasteiger partial charge in [0.2, 0.25) is 11.5 Å². The highest BCUT2D eigenvalue weighted by Crippen LogP contribution is 2.46. The molecular weight excluding hydrogens is 394 g/mol. The summed E-state index contributed by atoms with van der Waals surface area (Å²) in [6, 6.07) is 9.80. The molecule has 0 bridgehead atoms. The van der Waals surface area contributed by atoms with E-state index in [-0.39, 0.29) is 22.8 Å². The van der Waals surface area contributed by atoms with Gasteiger partial charge in [-0.2, -0.15) is 5.26 Å². The molecule has 0 saturated carbocycles. The lowest BCUT2D eigenvalue weighted by Gasteiger charge is -2.15. The van der Waals surface area contributed by atoms with Crippen LogP contribution in [-0.2, 0) is 0 Å². The first-order valence-corrected chi connectivity index (χ1v) is 8.85. The second-order valence-electron chi connectivity index (χ2n) is 5.89. The van der Waals surface area contributed by atoms with Crippen molar-refractivity contribution < 1.29 is 28.7 Å². The molecule has 0 heterocycles. The molecule has 0 unspecified atom stereocenters. The number of rotatable bonds is 10. The Labute approximate surface area is 173 Å². The van der Waals surface area contributed by atoms with E-state index in [0.717, 1.165) is 0 Å². The Morgan fingerprint density at radius 3 is 2.50 bits per heavy atom. The van der Waals surface area contributed by atoms with Crippen LogP contribution in [0.3, 0.4) is 0 Å². The SMILES string of the molecule is COc1cc(C(=O)Nc2cccc(OCCCC#N)c2)c([N+](=O)[O-])c(OC)c1OC. The molecule has 0 atom stereocenters. The van der Waals surface area contributed by atoms with Crippen molar-refractivity contribution in [1.29, 1.82) is 5.26 Å². The summed E-state index contributed by atoms with van der Waals surface area (Å²) in [4.78, 5) is 23.8. The number of benzene rings is 2. The number of hydrogen-bond donors (Lipinski definition) is 1. The fourth-order valence-corrected chi connectivity index (χ4v) is 2.70. The van der Waals surface area contributed by atoms with Gasteiger partial charge < -0.3 is 24.3 Å². The molecule has 0 aliphatic rings. The van der Waals surface area contributed by atoms with Crippen LogP contribution in [0.15, 0.2) is 30.3 Å². The lowest BCUT2D eigenvalue weighted by Crippen LogP contribution is -2.15. The van der Waals surface area contributed by atoms with Crippen molar-refractivity contribution in [2.24, 2.45) is 0 Å². The third-order valence-electron chi connectivity index (χ3n) is 4.02. The van der Waals surface area contributed by atoms with E-state index in [0.29, 0.717) is 30.9 Å². The van der Waals surface area contributed by atoms with E-state index in [1.807, 2.05) is 6.07 Å². The number of nitro groups is 1.